The molecule has 30 heavy (non-hydrogen) atoms. The summed E-state index contributed by atoms with van der Waals surface area (Å²) in [6, 6.07) is 13.2. The predicted octanol–water partition coefficient (Wildman–Crippen LogP) is 2.74. The fraction of sp³-hybridized carbons (Fsp3) is 0.333. The van der Waals surface area contributed by atoms with Crippen molar-refractivity contribution >= 4 is 23.2 Å². The maximum absolute atomic E-state index is 13.0. The highest BCUT2D eigenvalue weighted by Gasteiger charge is 2.50. The Morgan fingerprint density at radius 3 is 2.53 bits per heavy atom. The first kappa shape index (κ1) is 20.4. The molecular formula is C21H21F3N4O2. The van der Waals surface area contributed by atoms with Crippen LogP contribution in [0.5, 0.6) is 0 Å². The molecule has 2 fully saturated rings. The number of fused-ring (bicyclic) bond motifs is 1. The van der Waals surface area contributed by atoms with Gasteiger partial charge >= 0.3 is 6.18 Å². The zero-order valence-electron chi connectivity index (χ0n) is 16.2. The minimum absolute atomic E-state index is 0.0730. The van der Waals surface area contributed by atoms with E-state index in [4.69, 9.17) is 0 Å². The van der Waals surface area contributed by atoms with Gasteiger partial charge < -0.3 is 10.2 Å². The largest absolute Gasteiger partial charge is 0.416 e. The molecule has 0 aliphatic carbocycles. The average Bonchev–Trinajstić information content (AvgIpc) is 3.04. The van der Waals surface area contributed by atoms with Crippen molar-refractivity contribution in [1.29, 1.82) is 0 Å². The molecule has 158 valence electrons. The molecule has 2 aliphatic heterocycles. The number of carbonyl (C=O) groups excluding carboxylic acids is 2. The van der Waals surface area contributed by atoms with Gasteiger partial charge in [-0.1, -0.05) is 24.3 Å². The lowest BCUT2D eigenvalue weighted by Crippen LogP contribution is -2.55. The number of alkyl halides is 3. The molecule has 4 rings (SSSR count). The van der Waals surface area contributed by atoms with E-state index in [1.807, 2.05) is 30.1 Å². The Kier molecular flexibility index (Phi) is 5.25. The molecule has 2 aromatic rings. The first-order valence-electron chi connectivity index (χ1n) is 9.56. The molecule has 2 aromatic carbocycles. The van der Waals surface area contributed by atoms with Crippen molar-refractivity contribution in [2.45, 2.75) is 12.2 Å². The normalized spacial score (nSPS) is 24.6. The SMILES string of the molecule is CN1CC(C(=O)Nc2cccc(C(F)(F)F)c2)C2NN(c3ccccc3)C(=O)C2C1. The number of anilines is 2. The van der Waals surface area contributed by atoms with Crippen LogP contribution in [0, 0.1) is 11.8 Å². The molecule has 0 radical (unpaired) electrons. The van der Waals surface area contributed by atoms with E-state index >= 15 is 0 Å². The molecule has 2 heterocycles. The fourth-order valence-electron chi connectivity index (χ4n) is 4.08. The number of hydrogen-bond donors (Lipinski definition) is 2. The number of para-hydroxylation sites is 1. The zero-order valence-corrected chi connectivity index (χ0v) is 16.2. The molecule has 2 saturated heterocycles. The van der Waals surface area contributed by atoms with Gasteiger partial charge in [-0.05, 0) is 37.4 Å². The quantitative estimate of drug-likeness (QED) is 0.805. The number of amides is 2. The van der Waals surface area contributed by atoms with E-state index in [0.717, 1.165) is 12.1 Å². The van der Waals surface area contributed by atoms with E-state index < -0.39 is 35.5 Å². The average molecular weight is 418 g/mol. The van der Waals surface area contributed by atoms with Crippen LogP contribution < -0.4 is 15.8 Å². The molecule has 6 nitrogen and oxygen atoms in total. The second kappa shape index (κ2) is 7.73. The van der Waals surface area contributed by atoms with Crippen molar-refractivity contribution in [3.63, 3.8) is 0 Å². The maximum Gasteiger partial charge on any atom is 0.416 e. The number of rotatable bonds is 3. The van der Waals surface area contributed by atoms with Crippen LogP contribution in [-0.4, -0.2) is 42.9 Å². The Morgan fingerprint density at radius 2 is 1.83 bits per heavy atom. The molecule has 3 atom stereocenters. The van der Waals surface area contributed by atoms with E-state index in [9.17, 15) is 22.8 Å². The van der Waals surface area contributed by atoms with Gasteiger partial charge in [-0.25, -0.2) is 10.4 Å². The van der Waals surface area contributed by atoms with Gasteiger partial charge in [-0.2, -0.15) is 13.2 Å². The summed E-state index contributed by atoms with van der Waals surface area (Å²) in [5, 5.41) is 4.05. The third-order valence-corrected chi connectivity index (χ3v) is 5.51. The molecule has 9 heteroatoms. The number of piperidine rings is 1. The topological polar surface area (TPSA) is 64.7 Å². The number of nitrogens with zero attached hydrogens (tertiary/aromatic N) is 2. The molecule has 0 spiro atoms. The number of hydrazine groups is 1. The van der Waals surface area contributed by atoms with E-state index in [2.05, 4.69) is 10.7 Å². The van der Waals surface area contributed by atoms with E-state index in [1.165, 1.54) is 17.1 Å². The van der Waals surface area contributed by atoms with Gasteiger partial charge in [0.05, 0.1) is 29.1 Å². The summed E-state index contributed by atoms with van der Waals surface area (Å²) in [4.78, 5) is 27.8. The fourth-order valence-corrected chi connectivity index (χ4v) is 4.08. The number of benzene rings is 2. The van der Waals surface area contributed by atoms with Crippen LogP contribution in [-0.2, 0) is 15.8 Å². The van der Waals surface area contributed by atoms with Crippen molar-refractivity contribution in [2.75, 3.05) is 30.5 Å². The summed E-state index contributed by atoms with van der Waals surface area (Å²) < 4.78 is 38.9. The highest BCUT2D eigenvalue weighted by atomic mass is 19.4. The van der Waals surface area contributed by atoms with Crippen LogP contribution in [0.15, 0.2) is 54.6 Å². The van der Waals surface area contributed by atoms with Crippen molar-refractivity contribution in [1.82, 2.24) is 10.3 Å². The monoisotopic (exact) mass is 418 g/mol. The predicted molar refractivity (Wildman–Crippen MR) is 105 cm³/mol. The number of nitrogens with one attached hydrogen (secondary N) is 2. The van der Waals surface area contributed by atoms with E-state index in [-0.39, 0.29) is 11.6 Å². The van der Waals surface area contributed by atoms with Crippen molar-refractivity contribution in [3.8, 4) is 0 Å². The van der Waals surface area contributed by atoms with Gasteiger partial charge in [-0.3, -0.25) is 9.59 Å². The molecular weight excluding hydrogens is 397 g/mol. The summed E-state index contributed by atoms with van der Waals surface area (Å²) >= 11 is 0. The first-order chi connectivity index (χ1) is 14.2. The second-order valence-electron chi connectivity index (χ2n) is 7.67. The van der Waals surface area contributed by atoms with Gasteiger partial charge in [0.15, 0.2) is 0 Å². The minimum Gasteiger partial charge on any atom is -0.326 e. The molecule has 2 amide bonds. The smallest absolute Gasteiger partial charge is 0.326 e. The van der Waals surface area contributed by atoms with Crippen LogP contribution in [0.25, 0.3) is 0 Å². The van der Waals surface area contributed by atoms with Crippen LogP contribution >= 0.6 is 0 Å². The third-order valence-electron chi connectivity index (χ3n) is 5.51. The minimum atomic E-state index is -4.49. The van der Waals surface area contributed by atoms with Crippen LogP contribution in [0.1, 0.15) is 5.56 Å². The van der Waals surface area contributed by atoms with Crippen molar-refractivity contribution in [2.24, 2.45) is 11.8 Å². The van der Waals surface area contributed by atoms with Gasteiger partial charge in [-0.15, -0.1) is 0 Å². The van der Waals surface area contributed by atoms with E-state index in [1.54, 1.807) is 12.1 Å². The molecule has 0 bridgehead atoms. The Labute approximate surface area is 171 Å². The molecule has 2 aliphatic rings. The molecule has 3 unspecified atom stereocenters. The van der Waals surface area contributed by atoms with E-state index in [0.29, 0.717) is 18.8 Å². The Morgan fingerprint density at radius 1 is 1.10 bits per heavy atom. The molecule has 0 saturated carbocycles. The van der Waals surface area contributed by atoms with Gasteiger partial charge in [0.25, 0.3) is 0 Å². The standard InChI is InChI=1S/C21H21F3N4O2/c1-27-11-16(19(29)25-14-7-5-6-13(10-14)21(22,23)24)18-17(12-27)20(30)28(26-18)15-8-3-2-4-9-15/h2-10,16-18,26H,11-12H2,1H3,(H,25,29). The zero-order chi connectivity index (χ0) is 21.5. The summed E-state index contributed by atoms with van der Waals surface area (Å²) in [7, 11) is 1.82. The summed E-state index contributed by atoms with van der Waals surface area (Å²) in [5.74, 6) is -1.59. The lowest BCUT2D eigenvalue weighted by molar-refractivity contribution is -0.137. The molecule has 0 aromatic heterocycles. The summed E-state index contributed by atoms with van der Waals surface area (Å²) in [6.07, 6.45) is -4.49. The lowest BCUT2D eigenvalue weighted by atomic mass is 9.84. The number of hydrogen-bond acceptors (Lipinski definition) is 4. The number of likely N-dealkylation sites (tertiary alicyclic amines) is 1. The Hall–Kier alpha value is -2.91. The van der Waals surface area contributed by atoms with Crippen LogP contribution in [0.3, 0.4) is 0 Å². The number of halogens is 3. The first-order valence-corrected chi connectivity index (χ1v) is 9.56. The summed E-state index contributed by atoms with van der Waals surface area (Å²) in [6.45, 7) is 0.877. The van der Waals surface area contributed by atoms with Crippen molar-refractivity contribution < 1.29 is 22.8 Å². The highest BCUT2D eigenvalue weighted by Crippen LogP contribution is 2.33. The summed E-state index contributed by atoms with van der Waals surface area (Å²) in [5.41, 5.74) is 3.07. The molecule has 2 N–H and O–H groups in total. The van der Waals surface area contributed by atoms with Gasteiger partial charge in [0, 0.05) is 18.8 Å². The van der Waals surface area contributed by atoms with Crippen LogP contribution in [0.2, 0.25) is 0 Å². The van der Waals surface area contributed by atoms with Gasteiger partial charge in [0.2, 0.25) is 11.8 Å². The van der Waals surface area contributed by atoms with Crippen LogP contribution in [0.4, 0.5) is 24.5 Å². The lowest BCUT2D eigenvalue weighted by Gasteiger charge is -2.36. The Bertz CT molecular complexity index is 951. The highest BCUT2D eigenvalue weighted by molar-refractivity contribution is 6.00. The Balaban J connectivity index is 1.55. The third kappa shape index (κ3) is 3.90. The maximum atomic E-state index is 13.0. The van der Waals surface area contributed by atoms with Gasteiger partial charge in [0.1, 0.15) is 0 Å². The number of carbonyl (C=O) groups is 2. The second-order valence-corrected chi connectivity index (χ2v) is 7.67. The van der Waals surface area contributed by atoms with Crippen molar-refractivity contribution in [3.05, 3.63) is 60.2 Å².